The molecule has 160 valence electrons. The van der Waals surface area contributed by atoms with Gasteiger partial charge in [0, 0.05) is 13.1 Å². The molecular weight excluding hydrogens is 415 g/mol. The number of primary amides is 1. The molecule has 2 aromatic rings. The van der Waals surface area contributed by atoms with Crippen LogP contribution in [0.5, 0.6) is 0 Å². The lowest BCUT2D eigenvalue weighted by Gasteiger charge is -2.28. The molecule has 0 saturated carbocycles. The van der Waals surface area contributed by atoms with E-state index < -0.39 is 17.5 Å². The lowest BCUT2D eigenvalue weighted by Crippen LogP contribution is -2.37. The van der Waals surface area contributed by atoms with Gasteiger partial charge >= 0.3 is 0 Å². The Morgan fingerprint density at radius 3 is 2.68 bits per heavy atom. The van der Waals surface area contributed by atoms with Gasteiger partial charge in [0.05, 0.1) is 11.1 Å². The van der Waals surface area contributed by atoms with Crippen molar-refractivity contribution in [1.82, 2.24) is 10.3 Å². The number of thioether (sulfide) groups is 1. The maximum atomic E-state index is 14.9. The minimum atomic E-state index is -1.36. The summed E-state index contributed by atoms with van der Waals surface area (Å²) < 4.78 is 14.9. The molecule has 1 saturated heterocycles. The Hall–Kier alpha value is -3.14. The summed E-state index contributed by atoms with van der Waals surface area (Å²) in [7, 11) is 0. The number of nitrogens with two attached hydrogens (primary N) is 1. The van der Waals surface area contributed by atoms with Crippen molar-refractivity contribution < 1.29 is 9.18 Å². The minimum absolute atomic E-state index is 0.115. The van der Waals surface area contributed by atoms with E-state index in [2.05, 4.69) is 22.4 Å². The van der Waals surface area contributed by atoms with Crippen molar-refractivity contribution in [2.24, 2.45) is 5.73 Å². The summed E-state index contributed by atoms with van der Waals surface area (Å²) in [6, 6.07) is 13.2. The molecule has 1 aromatic carbocycles. The highest BCUT2D eigenvalue weighted by atomic mass is 32.2. The summed E-state index contributed by atoms with van der Waals surface area (Å²) in [5.41, 5.74) is 7.25. The van der Waals surface area contributed by atoms with Gasteiger partial charge in [-0.1, -0.05) is 49.0 Å². The zero-order valence-electron chi connectivity index (χ0n) is 17.1. The number of nitrogens with one attached hydrogen (secondary N) is 1. The summed E-state index contributed by atoms with van der Waals surface area (Å²) in [5.74, 6) is -0.374. The quantitative estimate of drug-likeness (QED) is 0.526. The van der Waals surface area contributed by atoms with Gasteiger partial charge in [-0.15, -0.1) is 0 Å². The number of amides is 1. The lowest BCUT2D eigenvalue weighted by molar-refractivity contribution is -0.117. The molecule has 31 heavy (non-hydrogen) atoms. The SMILES string of the molecule is CCc1c(C#N)c(SC(C(N)=O)c2ccccc2)nc(N2CCCNCC2F)c1C#N. The molecule has 2 atom stereocenters. The minimum Gasteiger partial charge on any atom is -0.368 e. The van der Waals surface area contributed by atoms with Crippen molar-refractivity contribution in [3.05, 3.63) is 52.6 Å². The van der Waals surface area contributed by atoms with E-state index in [9.17, 15) is 19.7 Å². The van der Waals surface area contributed by atoms with Crippen LogP contribution >= 0.6 is 11.8 Å². The van der Waals surface area contributed by atoms with Crippen LogP contribution in [0.2, 0.25) is 0 Å². The molecule has 0 spiro atoms. The Kier molecular flexibility index (Phi) is 7.45. The molecule has 9 heteroatoms. The maximum absolute atomic E-state index is 14.9. The molecule has 1 aliphatic heterocycles. The smallest absolute Gasteiger partial charge is 0.235 e. The normalized spacial score (nSPS) is 17.3. The first-order valence-corrected chi connectivity index (χ1v) is 10.9. The fourth-order valence-electron chi connectivity index (χ4n) is 3.59. The predicted octanol–water partition coefficient (Wildman–Crippen LogP) is 2.80. The maximum Gasteiger partial charge on any atom is 0.235 e. The first kappa shape index (κ1) is 22.5. The number of rotatable bonds is 6. The first-order chi connectivity index (χ1) is 15.0. The third-order valence-corrected chi connectivity index (χ3v) is 6.35. The largest absolute Gasteiger partial charge is 0.368 e. The van der Waals surface area contributed by atoms with E-state index in [-0.39, 0.29) is 28.5 Å². The van der Waals surface area contributed by atoms with Gasteiger partial charge in [0.25, 0.3) is 0 Å². The molecule has 3 rings (SSSR count). The number of anilines is 1. The lowest BCUT2D eigenvalue weighted by atomic mass is 10.0. The average molecular weight is 439 g/mol. The van der Waals surface area contributed by atoms with E-state index in [1.165, 1.54) is 4.90 Å². The number of alkyl halides is 1. The standard InChI is InChI=1S/C22H23FN6OS/c1-2-15-16(11-24)21(29-10-6-9-27-13-18(29)23)28-22(17(15)12-25)31-19(20(26)30)14-7-4-3-5-8-14/h3-5,7-8,18-19,27H,2,6,9-10,13H2,1H3,(H2,26,30). The zero-order valence-corrected chi connectivity index (χ0v) is 18.0. The van der Waals surface area contributed by atoms with Crippen molar-refractivity contribution in [3.63, 3.8) is 0 Å². The molecule has 1 amide bonds. The highest BCUT2D eigenvalue weighted by molar-refractivity contribution is 8.00. The molecule has 1 aromatic heterocycles. The van der Waals surface area contributed by atoms with E-state index in [4.69, 9.17) is 5.73 Å². The summed E-state index contributed by atoms with van der Waals surface area (Å²) in [6.07, 6.45) is -0.284. The third kappa shape index (κ3) is 4.79. The van der Waals surface area contributed by atoms with Crippen molar-refractivity contribution in [3.8, 4) is 12.1 Å². The molecule has 3 N–H and O–H groups in total. The fourth-order valence-corrected chi connectivity index (χ4v) is 4.65. The molecule has 2 unspecified atom stereocenters. The van der Waals surface area contributed by atoms with Crippen LogP contribution in [0.1, 0.15) is 40.8 Å². The van der Waals surface area contributed by atoms with Crippen molar-refractivity contribution in [1.29, 1.82) is 10.5 Å². The van der Waals surface area contributed by atoms with Crippen LogP contribution in [0.3, 0.4) is 0 Å². The van der Waals surface area contributed by atoms with Crippen molar-refractivity contribution in [2.75, 3.05) is 24.5 Å². The molecule has 0 bridgehead atoms. The van der Waals surface area contributed by atoms with Crippen LogP contribution in [-0.4, -0.2) is 36.8 Å². The Morgan fingerprint density at radius 2 is 2.06 bits per heavy atom. The second kappa shape index (κ2) is 10.3. The molecule has 1 fully saturated rings. The fraction of sp³-hybridized carbons (Fsp3) is 0.364. The predicted molar refractivity (Wildman–Crippen MR) is 117 cm³/mol. The molecular formula is C22H23FN6OS. The molecule has 1 aliphatic rings. The third-order valence-electron chi connectivity index (χ3n) is 5.09. The van der Waals surface area contributed by atoms with E-state index >= 15 is 0 Å². The molecule has 7 nitrogen and oxygen atoms in total. The van der Waals surface area contributed by atoms with Gasteiger partial charge in [-0.05, 0) is 30.5 Å². The number of hydrogen-bond donors (Lipinski definition) is 2. The van der Waals surface area contributed by atoms with E-state index in [1.54, 1.807) is 24.3 Å². The molecule has 0 radical (unpaired) electrons. The van der Waals surface area contributed by atoms with Crippen LogP contribution < -0.4 is 16.0 Å². The molecule has 2 heterocycles. The van der Waals surface area contributed by atoms with Crippen LogP contribution in [0.25, 0.3) is 0 Å². The van der Waals surface area contributed by atoms with Gasteiger partial charge in [-0.2, -0.15) is 10.5 Å². The number of carbonyl (C=O) groups is 1. The van der Waals surface area contributed by atoms with Crippen LogP contribution in [0.4, 0.5) is 10.2 Å². The number of benzene rings is 1. The highest BCUT2D eigenvalue weighted by Crippen LogP contribution is 2.39. The van der Waals surface area contributed by atoms with Gasteiger partial charge in [-0.25, -0.2) is 9.37 Å². The second-order valence-electron chi connectivity index (χ2n) is 7.04. The average Bonchev–Trinajstić information content (AvgIpc) is 3.00. The Labute approximate surface area is 185 Å². The monoisotopic (exact) mass is 438 g/mol. The molecule has 0 aliphatic carbocycles. The number of halogens is 1. The number of nitriles is 2. The summed E-state index contributed by atoms with van der Waals surface area (Å²) in [5, 5.41) is 22.2. The topological polar surface area (TPSA) is 119 Å². The Balaban J connectivity index is 2.16. The number of aromatic nitrogens is 1. The van der Waals surface area contributed by atoms with Gasteiger partial charge in [0.15, 0.2) is 12.1 Å². The summed E-state index contributed by atoms with van der Waals surface area (Å²) in [4.78, 5) is 18.2. The van der Waals surface area contributed by atoms with Crippen LogP contribution in [-0.2, 0) is 11.2 Å². The zero-order chi connectivity index (χ0) is 22.4. The highest BCUT2D eigenvalue weighted by Gasteiger charge is 2.30. The van der Waals surface area contributed by atoms with Crippen LogP contribution in [0.15, 0.2) is 35.4 Å². The van der Waals surface area contributed by atoms with Gasteiger partial charge in [0.1, 0.15) is 22.4 Å². The van der Waals surface area contributed by atoms with Crippen LogP contribution in [0, 0.1) is 22.7 Å². The van der Waals surface area contributed by atoms with Gasteiger partial charge in [0.2, 0.25) is 5.91 Å². The van der Waals surface area contributed by atoms with Crippen molar-refractivity contribution in [2.45, 2.75) is 36.3 Å². The van der Waals surface area contributed by atoms with E-state index in [1.807, 2.05) is 13.0 Å². The van der Waals surface area contributed by atoms with Gasteiger partial charge < -0.3 is 16.0 Å². The number of carbonyl (C=O) groups excluding carboxylic acids is 1. The van der Waals surface area contributed by atoms with E-state index in [0.717, 1.165) is 11.8 Å². The number of hydrogen-bond acceptors (Lipinski definition) is 7. The Bertz CT molecular complexity index is 1030. The number of nitrogens with zero attached hydrogens (tertiary/aromatic N) is 4. The Morgan fingerprint density at radius 1 is 1.35 bits per heavy atom. The summed E-state index contributed by atoms with van der Waals surface area (Å²) in [6.45, 7) is 2.99. The number of pyridine rings is 1. The second-order valence-corrected chi connectivity index (χ2v) is 8.14. The van der Waals surface area contributed by atoms with Gasteiger partial charge in [-0.3, -0.25) is 4.79 Å². The summed E-state index contributed by atoms with van der Waals surface area (Å²) >= 11 is 1.05. The van der Waals surface area contributed by atoms with E-state index in [0.29, 0.717) is 37.1 Å². The first-order valence-electron chi connectivity index (χ1n) is 10.0. The van der Waals surface area contributed by atoms with Crippen molar-refractivity contribution >= 4 is 23.5 Å².